The molecule has 21 heavy (non-hydrogen) atoms. The summed E-state index contributed by atoms with van der Waals surface area (Å²) in [6.07, 6.45) is -0.0522. The number of benzene rings is 1. The molecule has 0 heterocycles. The molecule has 1 fully saturated rings. The van der Waals surface area contributed by atoms with Gasteiger partial charge in [-0.3, -0.25) is 0 Å². The molecule has 118 valence electrons. The van der Waals surface area contributed by atoms with Crippen LogP contribution in [0.15, 0.2) is 24.3 Å². The zero-order valence-electron chi connectivity index (χ0n) is 12.8. The van der Waals surface area contributed by atoms with Gasteiger partial charge in [0.05, 0.1) is 11.6 Å². The Bertz CT molecular complexity index is 477. The van der Waals surface area contributed by atoms with Gasteiger partial charge in [-0.15, -0.1) is 0 Å². The third-order valence-electron chi connectivity index (χ3n) is 4.73. The highest BCUT2D eigenvalue weighted by atomic mass is 19.4. The Hall–Kier alpha value is -1.07. The van der Waals surface area contributed by atoms with Gasteiger partial charge in [0.25, 0.3) is 0 Å². The smallest absolute Gasteiger partial charge is 0.311 e. The zero-order chi connectivity index (χ0) is 15.7. The zero-order valence-corrected chi connectivity index (χ0v) is 12.8. The van der Waals surface area contributed by atoms with Gasteiger partial charge in [0, 0.05) is 5.54 Å². The van der Waals surface area contributed by atoms with E-state index in [1.807, 2.05) is 21.1 Å². The fourth-order valence-electron chi connectivity index (χ4n) is 3.62. The first-order valence-corrected chi connectivity index (χ1v) is 7.33. The van der Waals surface area contributed by atoms with Gasteiger partial charge in [-0.1, -0.05) is 25.0 Å². The molecule has 0 amide bonds. The van der Waals surface area contributed by atoms with Crippen LogP contribution in [0.4, 0.5) is 13.2 Å². The lowest BCUT2D eigenvalue weighted by molar-refractivity contribution is -0.137. The SMILES string of the molecule is CNC(c1cccc(C(F)(F)F)c1)C1(N(C)C)CCCC1. The molecule has 1 aliphatic carbocycles. The summed E-state index contributed by atoms with van der Waals surface area (Å²) in [4.78, 5) is 2.17. The summed E-state index contributed by atoms with van der Waals surface area (Å²) >= 11 is 0. The van der Waals surface area contributed by atoms with E-state index in [0.717, 1.165) is 31.7 Å². The Labute approximate surface area is 124 Å². The first-order valence-electron chi connectivity index (χ1n) is 7.33. The van der Waals surface area contributed by atoms with Crippen LogP contribution in [0.5, 0.6) is 0 Å². The van der Waals surface area contributed by atoms with Crippen LogP contribution in [0.1, 0.15) is 42.9 Å². The predicted octanol–water partition coefficient (Wildman–Crippen LogP) is 3.84. The van der Waals surface area contributed by atoms with Crippen LogP contribution in [0.3, 0.4) is 0 Å². The van der Waals surface area contributed by atoms with E-state index in [-0.39, 0.29) is 11.6 Å². The van der Waals surface area contributed by atoms with Gasteiger partial charge < -0.3 is 10.2 Å². The lowest BCUT2D eigenvalue weighted by Crippen LogP contribution is -2.51. The molecule has 0 radical (unpaired) electrons. The van der Waals surface area contributed by atoms with Crippen molar-refractivity contribution in [1.29, 1.82) is 0 Å². The van der Waals surface area contributed by atoms with Crippen LogP contribution in [-0.2, 0) is 6.18 Å². The summed E-state index contributed by atoms with van der Waals surface area (Å²) in [5.41, 5.74) is 0.0222. The summed E-state index contributed by atoms with van der Waals surface area (Å²) in [7, 11) is 5.86. The topological polar surface area (TPSA) is 15.3 Å². The fraction of sp³-hybridized carbons (Fsp3) is 0.625. The van der Waals surface area contributed by atoms with E-state index < -0.39 is 11.7 Å². The molecule has 0 bridgehead atoms. The first kappa shape index (κ1) is 16.3. The van der Waals surface area contributed by atoms with Gasteiger partial charge >= 0.3 is 6.18 Å². The van der Waals surface area contributed by atoms with Crippen LogP contribution in [-0.4, -0.2) is 31.6 Å². The third kappa shape index (κ3) is 3.09. The second kappa shape index (κ2) is 5.97. The van der Waals surface area contributed by atoms with Gasteiger partial charge in [-0.2, -0.15) is 13.2 Å². The lowest BCUT2D eigenvalue weighted by atomic mass is 9.82. The molecule has 0 aromatic heterocycles. The Morgan fingerprint density at radius 3 is 2.29 bits per heavy atom. The van der Waals surface area contributed by atoms with E-state index in [4.69, 9.17) is 0 Å². The Morgan fingerprint density at radius 2 is 1.81 bits per heavy atom. The van der Waals surface area contributed by atoms with Crippen molar-refractivity contribution in [1.82, 2.24) is 10.2 Å². The van der Waals surface area contributed by atoms with Crippen LogP contribution in [0.25, 0.3) is 0 Å². The number of nitrogens with zero attached hydrogens (tertiary/aromatic N) is 1. The van der Waals surface area contributed by atoms with Crippen LogP contribution in [0.2, 0.25) is 0 Å². The average molecular weight is 300 g/mol. The molecule has 1 aliphatic rings. The number of rotatable bonds is 4. The molecule has 1 saturated carbocycles. The minimum Gasteiger partial charge on any atom is -0.311 e. The molecular formula is C16H23F3N2. The van der Waals surface area contributed by atoms with E-state index in [1.54, 1.807) is 6.07 Å². The molecule has 1 aromatic carbocycles. The average Bonchev–Trinajstić information content (AvgIpc) is 2.90. The van der Waals surface area contributed by atoms with Gasteiger partial charge in [-0.25, -0.2) is 0 Å². The molecule has 5 heteroatoms. The van der Waals surface area contributed by atoms with Crippen molar-refractivity contribution in [2.45, 2.75) is 43.4 Å². The van der Waals surface area contributed by atoms with E-state index in [9.17, 15) is 13.2 Å². The molecule has 0 saturated heterocycles. The summed E-state index contributed by atoms with van der Waals surface area (Å²) in [5, 5.41) is 3.25. The van der Waals surface area contributed by atoms with E-state index in [0.29, 0.717) is 5.56 Å². The highest BCUT2D eigenvalue weighted by molar-refractivity contribution is 5.31. The summed E-state index contributed by atoms with van der Waals surface area (Å²) < 4.78 is 38.8. The molecule has 2 rings (SSSR count). The molecular weight excluding hydrogens is 277 g/mol. The summed E-state index contributed by atoms with van der Waals surface area (Å²) in [5.74, 6) is 0. The third-order valence-corrected chi connectivity index (χ3v) is 4.73. The fourth-order valence-corrected chi connectivity index (χ4v) is 3.62. The van der Waals surface area contributed by atoms with Gasteiger partial charge in [0.1, 0.15) is 0 Å². The molecule has 1 atom stereocenters. The molecule has 1 aromatic rings. The Kier molecular flexibility index (Phi) is 4.63. The molecule has 0 spiro atoms. The first-order chi connectivity index (χ1) is 9.81. The van der Waals surface area contributed by atoms with Crippen molar-refractivity contribution >= 4 is 0 Å². The molecule has 1 N–H and O–H groups in total. The van der Waals surface area contributed by atoms with Gasteiger partial charge in [-0.05, 0) is 51.7 Å². The molecule has 0 aliphatic heterocycles. The number of nitrogens with one attached hydrogen (secondary N) is 1. The highest BCUT2D eigenvalue weighted by Gasteiger charge is 2.43. The van der Waals surface area contributed by atoms with Crippen LogP contribution in [0, 0.1) is 0 Å². The number of hydrogen-bond acceptors (Lipinski definition) is 2. The molecule has 1 unspecified atom stereocenters. The van der Waals surface area contributed by atoms with Crippen molar-refractivity contribution in [3.8, 4) is 0 Å². The second-order valence-electron chi connectivity index (χ2n) is 6.05. The van der Waals surface area contributed by atoms with E-state index >= 15 is 0 Å². The summed E-state index contributed by atoms with van der Waals surface area (Å²) in [6, 6.07) is 5.61. The van der Waals surface area contributed by atoms with Crippen LogP contribution >= 0.6 is 0 Å². The molecule has 2 nitrogen and oxygen atoms in total. The predicted molar refractivity (Wildman–Crippen MR) is 78.1 cm³/mol. The Morgan fingerprint density at radius 1 is 1.19 bits per heavy atom. The van der Waals surface area contributed by atoms with Crippen LogP contribution < -0.4 is 5.32 Å². The number of alkyl halides is 3. The maximum Gasteiger partial charge on any atom is 0.416 e. The van der Waals surface area contributed by atoms with Gasteiger partial charge in [0.2, 0.25) is 0 Å². The lowest BCUT2D eigenvalue weighted by Gasteiger charge is -2.43. The maximum atomic E-state index is 12.9. The maximum absolute atomic E-state index is 12.9. The minimum atomic E-state index is -4.30. The van der Waals surface area contributed by atoms with E-state index in [2.05, 4.69) is 10.2 Å². The van der Waals surface area contributed by atoms with E-state index in [1.165, 1.54) is 12.1 Å². The number of halogens is 3. The number of likely N-dealkylation sites (N-methyl/N-ethyl adjacent to an activating group) is 2. The minimum absolute atomic E-state index is 0.0997. The normalized spacial score (nSPS) is 20.0. The Balaban J connectivity index is 2.42. The highest BCUT2D eigenvalue weighted by Crippen LogP contribution is 2.44. The van der Waals surface area contributed by atoms with Crippen molar-refractivity contribution in [3.63, 3.8) is 0 Å². The summed E-state index contributed by atoms with van der Waals surface area (Å²) in [6.45, 7) is 0. The monoisotopic (exact) mass is 300 g/mol. The van der Waals surface area contributed by atoms with Crippen molar-refractivity contribution in [2.24, 2.45) is 0 Å². The van der Waals surface area contributed by atoms with Crippen molar-refractivity contribution in [3.05, 3.63) is 35.4 Å². The standard InChI is InChI=1S/C16H23F3N2/c1-20-14(15(21(2)3)9-4-5-10-15)12-7-6-8-13(11-12)16(17,18)19/h6-8,11,14,20H,4-5,9-10H2,1-3H3. The van der Waals surface area contributed by atoms with Crippen molar-refractivity contribution < 1.29 is 13.2 Å². The largest absolute Gasteiger partial charge is 0.416 e. The van der Waals surface area contributed by atoms with Gasteiger partial charge in [0.15, 0.2) is 0 Å². The quantitative estimate of drug-likeness (QED) is 0.909. The second-order valence-corrected chi connectivity index (χ2v) is 6.05. The number of hydrogen-bond donors (Lipinski definition) is 1. The van der Waals surface area contributed by atoms with Crippen molar-refractivity contribution in [2.75, 3.05) is 21.1 Å².